The van der Waals surface area contributed by atoms with E-state index in [4.69, 9.17) is 19.4 Å². The molecule has 0 radical (unpaired) electrons. The van der Waals surface area contributed by atoms with Crippen LogP contribution in [-0.4, -0.2) is 19.5 Å². The Hall–Kier alpha value is -8.41. The number of nitrogens with zero attached hydrogens (tertiary/aromatic N) is 4. The first-order valence-corrected chi connectivity index (χ1v) is 20.8. The monoisotopic (exact) mass is 792 g/mol. The van der Waals surface area contributed by atoms with Crippen molar-refractivity contribution in [2.24, 2.45) is 0 Å². The predicted octanol–water partition coefficient (Wildman–Crippen LogP) is 14.9. The first-order valence-electron chi connectivity index (χ1n) is 20.8. The maximum Gasteiger partial charge on any atom is 0.164 e. The molecule has 0 amide bonds. The molecule has 0 aliphatic heterocycles. The van der Waals surface area contributed by atoms with Gasteiger partial charge in [0.25, 0.3) is 0 Å². The molecule has 3 aromatic heterocycles. The van der Waals surface area contributed by atoms with Crippen LogP contribution in [0.4, 0.5) is 0 Å². The minimum Gasteiger partial charge on any atom is -0.454 e. The van der Waals surface area contributed by atoms with Gasteiger partial charge in [0.2, 0.25) is 0 Å². The molecule has 5 heteroatoms. The fourth-order valence-electron chi connectivity index (χ4n) is 8.91. The van der Waals surface area contributed by atoms with Crippen LogP contribution >= 0.6 is 0 Å². The van der Waals surface area contributed by atoms with Gasteiger partial charge >= 0.3 is 0 Å². The molecule has 0 N–H and O–H groups in total. The van der Waals surface area contributed by atoms with Crippen molar-refractivity contribution >= 4 is 43.7 Å². The van der Waals surface area contributed by atoms with Gasteiger partial charge in [0.15, 0.2) is 23.1 Å². The van der Waals surface area contributed by atoms with Gasteiger partial charge < -0.3 is 8.98 Å². The number of para-hydroxylation sites is 1. The van der Waals surface area contributed by atoms with E-state index in [1.54, 1.807) is 0 Å². The van der Waals surface area contributed by atoms with Crippen molar-refractivity contribution < 1.29 is 4.42 Å². The fraction of sp³-hybridized carbons (Fsp3) is 0. The van der Waals surface area contributed by atoms with Gasteiger partial charge in [0.05, 0.1) is 11.0 Å². The highest BCUT2D eigenvalue weighted by Gasteiger charge is 2.23. The third-order valence-corrected chi connectivity index (χ3v) is 11.9. The summed E-state index contributed by atoms with van der Waals surface area (Å²) in [7, 11) is 0. The zero-order valence-electron chi connectivity index (χ0n) is 33.5. The normalized spacial score (nSPS) is 11.5. The molecule has 5 nitrogen and oxygen atoms in total. The fourth-order valence-corrected chi connectivity index (χ4v) is 8.91. The van der Waals surface area contributed by atoms with Crippen molar-refractivity contribution in [1.29, 1.82) is 0 Å². The largest absolute Gasteiger partial charge is 0.454 e. The van der Waals surface area contributed by atoms with Gasteiger partial charge in [-0.25, -0.2) is 15.0 Å². The lowest BCUT2D eigenvalue weighted by Crippen LogP contribution is -2.00. The molecule has 0 unspecified atom stereocenters. The van der Waals surface area contributed by atoms with Crippen molar-refractivity contribution in [2.45, 2.75) is 0 Å². The number of rotatable bonds is 7. The molecule has 0 atom stereocenters. The molecule has 0 aliphatic carbocycles. The van der Waals surface area contributed by atoms with E-state index in [9.17, 15) is 0 Å². The Kier molecular flexibility index (Phi) is 8.42. The molecule has 62 heavy (non-hydrogen) atoms. The van der Waals surface area contributed by atoms with E-state index in [1.807, 2.05) is 48.5 Å². The van der Waals surface area contributed by atoms with E-state index in [0.717, 1.165) is 88.4 Å². The van der Waals surface area contributed by atoms with Crippen LogP contribution in [0.15, 0.2) is 223 Å². The number of hydrogen-bond donors (Lipinski definition) is 0. The third-order valence-electron chi connectivity index (χ3n) is 11.9. The summed E-state index contributed by atoms with van der Waals surface area (Å²) < 4.78 is 9.34. The van der Waals surface area contributed by atoms with E-state index in [2.05, 4.69) is 174 Å². The SMILES string of the molecule is c1ccc(-c2ccc(-c3cccc(-n4c5ccccc5c5ccc6c(oc7cccc(-c8nc(-c9ccccc9)nc(-c9cccc(-c%10ccccc%10)c9)n8)c76)c54)c3)cc2)cc1. The highest BCUT2D eigenvalue weighted by Crippen LogP contribution is 2.43. The molecule has 0 saturated heterocycles. The van der Waals surface area contributed by atoms with Crippen LogP contribution in [-0.2, 0) is 0 Å². The zero-order valence-corrected chi connectivity index (χ0v) is 33.5. The molecule has 0 saturated carbocycles. The van der Waals surface area contributed by atoms with Crippen LogP contribution in [0.1, 0.15) is 0 Å². The van der Waals surface area contributed by atoms with E-state index < -0.39 is 0 Å². The van der Waals surface area contributed by atoms with Crippen LogP contribution < -0.4 is 0 Å². The summed E-state index contributed by atoms with van der Waals surface area (Å²) in [4.78, 5) is 15.5. The number of hydrogen-bond acceptors (Lipinski definition) is 4. The van der Waals surface area contributed by atoms with E-state index >= 15 is 0 Å². The summed E-state index contributed by atoms with van der Waals surface area (Å²) in [6, 6.07) is 76.2. The molecule has 12 aromatic rings. The van der Waals surface area contributed by atoms with Gasteiger partial charge in [-0.3, -0.25) is 0 Å². The molecule has 290 valence electrons. The second kappa shape index (κ2) is 14.7. The van der Waals surface area contributed by atoms with Gasteiger partial charge in [0, 0.05) is 43.9 Å². The Bertz CT molecular complexity index is 3610. The van der Waals surface area contributed by atoms with Crippen molar-refractivity contribution in [1.82, 2.24) is 19.5 Å². The van der Waals surface area contributed by atoms with Crippen LogP contribution in [0.3, 0.4) is 0 Å². The van der Waals surface area contributed by atoms with Gasteiger partial charge in [-0.15, -0.1) is 0 Å². The van der Waals surface area contributed by atoms with E-state index in [-0.39, 0.29) is 0 Å². The van der Waals surface area contributed by atoms with Crippen molar-refractivity contribution in [2.75, 3.05) is 0 Å². The van der Waals surface area contributed by atoms with Gasteiger partial charge in [-0.05, 0) is 69.8 Å². The summed E-state index contributed by atoms with van der Waals surface area (Å²) in [6.45, 7) is 0. The third kappa shape index (κ3) is 6.06. The molecule has 0 fully saturated rings. The van der Waals surface area contributed by atoms with Gasteiger partial charge in [0.1, 0.15) is 5.58 Å². The van der Waals surface area contributed by atoms with Crippen LogP contribution in [0.2, 0.25) is 0 Å². The molecule has 0 bridgehead atoms. The Morgan fingerprint density at radius 2 is 0.855 bits per heavy atom. The lowest BCUT2D eigenvalue weighted by atomic mass is 10.00. The Labute approximate surface area is 357 Å². The Morgan fingerprint density at radius 1 is 0.339 bits per heavy atom. The number of aromatic nitrogens is 4. The maximum atomic E-state index is 6.99. The summed E-state index contributed by atoms with van der Waals surface area (Å²) in [5.74, 6) is 1.80. The lowest BCUT2D eigenvalue weighted by Gasteiger charge is -2.11. The Morgan fingerprint density at radius 3 is 1.60 bits per heavy atom. The Balaban J connectivity index is 1.04. The zero-order chi connectivity index (χ0) is 41.0. The highest BCUT2D eigenvalue weighted by atomic mass is 16.3. The minimum absolute atomic E-state index is 0.582. The maximum absolute atomic E-state index is 6.99. The summed E-state index contributed by atoms with van der Waals surface area (Å²) >= 11 is 0. The summed E-state index contributed by atoms with van der Waals surface area (Å²) in [5.41, 5.74) is 14.4. The molecule has 0 spiro atoms. The lowest BCUT2D eigenvalue weighted by molar-refractivity contribution is 0.671. The standard InChI is InChI=1S/C57H36N4O/c1-4-15-37(16-5-1)39-29-31-40(32-30-39)43-22-13-24-45(36-43)61-50-27-11-10-25-46(50)47-33-34-48-52-49(26-14-28-51(52)62-54(48)53(47)61)57-59-55(41-19-8-3-9-20-41)58-56(60-57)44-23-12-21-42(35-44)38-17-6-2-7-18-38/h1-36H. The average Bonchev–Trinajstić information content (AvgIpc) is 3.91. The number of fused-ring (bicyclic) bond motifs is 7. The summed E-state index contributed by atoms with van der Waals surface area (Å²) in [6.07, 6.45) is 0. The molecule has 12 rings (SSSR count). The topological polar surface area (TPSA) is 56.7 Å². The summed E-state index contributed by atoms with van der Waals surface area (Å²) in [5, 5.41) is 4.24. The van der Waals surface area contributed by atoms with Crippen LogP contribution in [0.25, 0.3) is 117 Å². The van der Waals surface area contributed by atoms with Crippen molar-refractivity contribution in [3.8, 4) is 73.2 Å². The predicted molar refractivity (Wildman–Crippen MR) is 254 cm³/mol. The first kappa shape index (κ1) is 35.5. The molecular weight excluding hydrogens is 757 g/mol. The van der Waals surface area contributed by atoms with Crippen LogP contribution in [0, 0.1) is 0 Å². The highest BCUT2D eigenvalue weighted by molar-refractivity contribution is 6.23. The van der Waals surface area contributed by atoms with Crippen LogP contribution in [0.5, 0.6) is 0 Å². The molecule has 3 heterocycles. The number of benzene rings is 9. The minimum atomic E-state index is 0.582. The van der Waals surface area contributed by atoms with Gasteiger partial charge in [-0.1, -0.05) is 182 Å². The average molecular weight is 793 g/mol. The smallest absolute Gasteiger partial charge is 0.164 e. The molecule has 9 aromatic carbocycles. The van der Waals surface area contributed by atoms with E-state index in [0.29, 0.717) is 17.5 Å². The van der Waals surface area contributed by atoms with Crippen molar-refractivity contribution in [3.63, 3.8) is 0 Å². The van der Waals surface area contributed by atoms with E-state index in [1.165, 1.54) is 11.1 Å². The quantitative estimate of drug-likeness (QED) is 0.161. The first-order chi connectivity index (χ1) is 30.7. The van der Waals surface area contributed by atoms with Crippen molar-refractivity contribution in [3.05, 3.63) is 218 Å². The molecular formula is C57H36N4O. The van der Waals surface area contributed by atoms with Gasteiger partial charge in [-0.2, -0.15) is 0 Å². The molecule has 0 aliphatic rings. The second-order valence-corrected chi connectivity index (χ2v) is 15.6. The number of furan rings is 1. The second-order valence-electron chi connectivity index (χ2n) is 15.6.